The molecule has 1 aliphatic heterocycles. The SMILES string of the molecule is Cc1cccnc1N1c2ccccc2NS1(=O)=O. The Labute approximate surface area is 105 Å². The number of para-hydroxylation sites is 2. The lowest BCUT2D eigenvalue weighted by molar-refractivity contribution is 0.602. The summed E-state index contributed by atoms with van der Waals surface area (Å²) in [5.74, 6) is 0.426. The van der Waals surface area contributed by atoms with Crippen LogP contribution in [0.2, 0.25) is 0 Å². The molecule has 3 rings (SSSR count). The highest BCUT2D eigenvalue weighted by atomic mass is 32.2. The Hall–Kier alpha value is -2.08. The van der Waals surface area contributed by atoms with Crippen molar-refractivity contribution in [1.82, 2.24) is 4.98 Å². The van der Waals surface area contributed by atoms with Crippen LogP contribution in [0.15, 0.2) is 42.6 Å². The van der Waals surface area contributed by atoms with Crippen molar-refractivity contribution < 1.29 is 8.42 Å². The van der Waals surface area contributed by atoms with E-state index in [2.05, 4.69) is 9.71 Å². The quantitative estimate of drug-likeness (QED) is 0.856. The van der Waals surface area contributed by atoms with Crippen LogP contribution in [0.5, 0.6) is 0 Å². The molecular formula is C12H11N3O2S. The molecule has 5 nitrogen and oxygen atoms in total. The molecule has 0 unspecified atom stereocenters. The van der Waals surface area contributed by atoms with Gasteiger partial charge in [-0.1, -0.05) is 18.2 Å². The Balaban J connectivity index is 2.26. The normalized spacial score (nSPS) is 16.2. The van der Waals surface area contributed by atoms with Gasteiger partial charge in [-0.25, -0.2) is 9.29 Å². The molecule has 0 bridgehead atoms. The van der Waals surface area contributed by atoms with Gasteiger partial charge in [0.25, 0.3) is 0 Å². The summed E-state index contributed by atoms with van der Waals surface area (Å²) in [6.07, 6.45) is 1.58. The predicted molar refractivity (Wildman–Crippen MR) is 70.1 cm³/mol. The molecule has 2 heterocycles. The molecule has 1 aromatic heterocycles. The smallest absolute Gasteiger partial charge is 0.264 e. The van der Waals surface area contributed by atoms with E-state index in [4.69, 9.17) is 0 Å². The van der Waals surface area contributed by atoms with E-state index in [0.29, 0.717) is 17.2 Å². The second-order valence-electron chi connectivity index (χ2n) is 4.03. The largest absolute Gasteiger partial charge is 0.329 e. The third-order valence-electron chi connectivity index (χ3n) is 2.78. The second-order valence-corrected chi connectivity index (χ2v) is 5.55. The van der Waals surface area contributed by atoms with Crippen molar-refractivity contribution in [2.24, 2.45) is 0 Å². The number of hydrogen-bond donors (Lipinski definition) is 1. The summed E-state index contributed by atoms with van der Waals surface area (Å²) in [7, 11) is -3.60. The number of fused-ring (bicyclic) bond motifs is 1. The molecule has 0 fully saturated rings. The van der Waals surface area contributed by atoms with Gasteiger partial charge in [-0.05, 0) is 30.7 Å². The molecule has 0 aliphatic carbocycles. The van der Waals surface area contributed by atoms with Crippen LogP contribution in [0.25, 0.3) is 0 Å². The van der Waals surface area contributed by atoms with E-state index in [9.17, 15) is 8.42 Å². The highest BCUT2D eigenvalue weighted by molar-refractivity contribution is 7.94. The highest BCUT2D eigenvalue weighted by Crippen LogP contribution is 2.40. The number of benzene rings is 1. The molecule has 1 aliphatic rings. The molecule has 0 atom stereocenters. The van der Waals surface area contributed by atoms with Crippen LogP contribution >= 0.6 is 0 Å². The summed E-state index contributed by atoms with van der Waals surface area (Å²) in [5.41, 5.74) is 1.97. The highest BCUT2D eigenvalue weighted by Gasteiger charge is 2.35. The van der Waals surface area contributed by atoms with Crippen molar-refractivity contribution in [3.8, 4) is 0 Å². The number of anilines is 3. The molecule has 0 radical (unpaired) electrons. The minimum absolute atomic E-state index is 0.426. The molecule has 2 aromatic rings. The van der Waals surface area contributed by atoms with Gasteiger partial charge in [0.05, 0.1) is 11.4 Å². The van der Waals surface area contributed by atoms with Crippen molar-refractivity contribution in [1.29, 1.82) is 0 Å². The molecule has 1 N–H and O–H groups in total. The van der Waals surface area contributed by atoms with Gasteiger partial charge in [-0.15, -0.1) is 0 Å². The number of hydrogen-bond acceptors (Lipinski definition) is 3. The average Bonchev–Trinajstić information content (AvgIpc) is 2.60. The lowest BCUT2D eigenvalue weighted by Gasteiger charge is -2.17. The van der Waals surface area contributed by atoms with Crippen molar-refractivity contribution in [3.63, 3.8) is 0 Å². The zero-order valence-corrected chi connectivity index (χ0v) is 10.5. The summed E-state index contributed by atoms with van der Waals surface area (Å²) >= 11 is 0. The Morgan fingerprint density at radius 3 is 2.72 bits per heavy atom. The first-order valence-corrected chi connectivity index (χ1v) is 6.87. The first-order chi connectivity index (χ1) is 8.59. The molecule has 0 saturated carbocycles. The van der Waals surface area contributed by atoms with E-state index in [-0.39, 0.29) is 0 Å². The lowest BCUT2D eigenvalue weighted by Crippen LogP contribution is -2.26. The predicted octanol–water partition coefficient (Wildman–Crippen LogP) is 2.20. The summed E-state index contributed by atoms with van der Waals surface area (Å²) in [5, 5.41) is 0. The Kier molecular flexibility index (Phi) is 2.27. The number of aryl methyl sites for hydroxylation is 1. The van der Waals surface area contributed by atoms with Gasteiger partial charge in [0, 0.05) is 6.20 Å². The van der Waals surface area contributed by atoms with Gasteiger partial charge in [0.2, 0.25) is 0 Å². The zero-order valence-electron chi connectivity index (χ0n) is 9.66. The fourth-order valence-corrected chi connectivity index (χ4v) is 3.35. The maximum atomic E-state index is 12.1. The first-order valence-electron chi connectivity index (χ1n) is 5.43. The fourth-order valence-electron chi connectivity index (χ4n) is 1.97. The Morgan fingerprint density at radius 1 is 1.17 bits per heavy atom. The molecule has 0 amide bonds. The lowest BCUT2D eigenvalue weighted by atomic mass is 10.2. The number of nitrogens with zero attached hydrogens (tertiary/aromatic N) is 2. The van der Waals surface area contributed by atoms with Crippen molar-refractivity contribution >= 4 is 27.4 Å². The van der Waals surface area contributed by atoms with Crippen LogP contribution in [-0.4, -0.2) is 13.4 Å². The molecule has 0 spiro atoms. The van der Waals surface area contributed by atoms with Gasteiger partial charge in [0.15, 0.2) is 5.82 Å². The van der Waals surface area contributed by atoms with E-state index >= 15 is 0 Å². The van der Waals surface area contributed by atoms with E-state index < -0.39 is 10.2 Å². The molecule has 18 heavy (non-hydrogen) atoms. The van der Waals surface area contributed by atoms with Gasteiger partial charge in [0.1, 0.15) is 0 Å². The van der Waals surface area contributed by atoms with Crippen molar-refractivity contribution in [2.75, 3.05) is 9.03 Å². The maximum Gasteiger partial charge on any atom is 0.329 e. The summed E-state index contributed by atoms with van der Waals surface area (Å²) in [4.78, 5) is 4.16. The third kappa shape index (κ3) is 1.53. The first kappa shape index (κ1) is 11.0. The monoisotopic (exact) mass is 261 g/mol. The average molecular weight is 261 g/mol. The second kappa shape index (κ2) is 3.71. The summed E-state index contributed by atoms with van der Waals surface area (Å²) < 4.78 is 28.0. The topological polar surface area (TPSA) is 62.3 Å². The van der Waals surface area contributed by atoms with Crippen LogP contribution < -0.4 is 9.03 Å². The van der Waals surface area contributed by atoms with E-state index in [1.54, 1.807) is 36.5 Å². The number of aromatic nitrogens is 1. The van der Waals surface area contributed by atoms with Crippen LogP contribution in [0.3, 0.4) is 0 Å². The third-order valence-corrected chi connectivity index (χ3v) is 4.10. The van der Waals surface area contributed by atoms with E-state index in [1.807, 2.05) is 13.0 Å². The van der Waals surface area contributed by atoms with E-state index in [0.717, 1.165) is 5.56 Å². The summed E-state index contributed by atoms with van der Waals surface area (Å²) in [6.45, 7) is 1.83. The molecular weight excluding hydrogens is 250 g/mol. The maximum absolute atomic E-state index is 12.1. The Morgan fingerprint density at radius 2 is 1.94 bits per heavy atom. The van der Waals surface area contributed by atoms with Gasteiger partial charge in [-0.3, -0.25) is 4.72 Å². The van der Waals surface area contributed by atoms with Gasteiger partial charge in [-0.2, -0.15) is 8.42 Å². The van der Waals surface area contributed by atoms with Crippen LogP contribution in [0.4, 0.5) is 17.2 Å². The van der Waals surface area contributed by atoms with E-state index in [1.165, 1.54) is 4.31 Å². The van der Waals surface area contributed by atoms with Crippen molar-refractivity contribution in [3.05, 3.63) is 48.2 Å². The molecule has 92 valence electrons. The minimum atomic E-state index is -3.60. The molecule has 0 saturated heterocycles. The summed E-state index contributed by atoms with van der Waals surface area (Å²) in [6, 6.07) is 10.7. The number of rotatable bonds is 1. The van der Waals surface area contributed by atoms with Crippen LogP contribution in [0, 0.1) is 6.92 Å². The number of nitrogens with one attached hydrogen (secondary N) is 1. The van der Waals surface area contributed by atoms with Crippen LogP contribution in [0.1, 0.15) is 5.56 Å². The van der Waals surface area contributed by atoms with Gasteiger partial charge >= 0.3 is 10.2 Å². The minimum Gasteiger partial charge on any atom is -0.264 e. The Bertz CT molecular complexity index is 713. The molecule has 1 aromatic carbocycles. The van der Waals surface area contributed by atoms with Crippen molar-refractivity contribution in [2.45, 2.75) is 6.92 Å². The standard InChI is InChI=1S/C12H11N3O2S/c1-9-5-4-8-13-12(9)15-11-7-3-2-6-10(11)14-18(15,16)17/h2-8,14H,1H3. The zero-order chi connectivity index (χ0) is 12.8. The fraction of sp³-hybridized carbons (Fsp3) is 0.0833. The number of pyridine rings is 1. The van der Waals surface area contributed by atoms with Gasteiger partial charge < -0.3 is 0 Å². The van der Waals surface area contributed by atoms with Crippen LogP contribution in [-0.2, 0) is 10.2 Å². The molecule has 6 heteroatoms.